The van der Waals surface area contributed by atoms with E-state index < -0.39 is 0 Å². The van der Waals surface area contributed by atoms with Crippen LogP contribution in [0.4, 0.5) is 0 Å². The van der Waals surface area contributed by atoms with E-state index in [-0.39, 0.29) is 24.1 Å². The van der Waals surface area contributed by atoms with E-state index in [1.165, 1.54) is 22.2 Å². The molecule has 146 valence electrons. The first-order chi connectivity index (χ1) is 12.8. The summed E-state index contributed by atoms with van der Waals surface area (Å²) in [5, 5.41) is 8.38. The van der Waals surface area contributed by atoms with Gasteiger partial charge in [-0.15, -0.1) is 10.2 Å². The molecule has 0 saturated carbocycles. The molecule has 1 aromatic carbocycles. The van der Waals surface area contributed by atoms with E-state index in [0.29, 0.717) is 24.2 Å². The molecule has 0 bridgehead atoms. The Hall–Kier alpha value is -2.35. The average Bonchev–Trinajstić information content (AvgIpc) is 3.12. The summed E-state index contributed by atoms with van der Waals surface area (Å²) in [6, 6.07) is 5.93. The topological polar surface area (TPSA) is 79.5 Å². The molecular weight excluding hydrogens is 364 g/mol. The maximum absolute atomic E-state index is 12.3. The minimum atomic E-state index is -0.161. The molecule has 1 heterocycles. The highest BCUT2D eigenvalue weighted by Crippen LogP contribution is 2.24. The fraction of sp³-hybridized carbons (Fsp3) is 0.474. The van der Waals surface area contributed by atoms with Crippen LogP contribution in [0.25, 0.3) is 11.5 Å². The van der Waals surface area contributed by atoms with Crippen molar-refractivity contribution in [1.82, 2.24) is 20.0 Å². The monoisotopic (exact) mass is 390 g/mol. The Bertz CT molecular complexity index is 802. The molecule has 0 aliphatic rings. The molecule has 0 atom stereocenters. The Balaban J connectivity index is 1.91. The number of carbonyl (C=O) groups is 2. The largest absolute Gasteiger partial charge is 0.411 e. The van der Waals surface area contributed by atoms with E-state index in [2.05, 4.69) is 10.2 Å². The third kappa shape index (κ3) is 5.56. The number of hydrogen-bond donors (Lipinski definition) is 0. The van der Waals surface area contributed by atoms with Crippen molar-refractivity contribution < 1.29 is 14.0 Å². The van der Waals surface area contributed by atoms with Gasteiger partial charge in [-0.2, -0.15) is 0 Å². The number of rotatable bonds is 8. The highest BCUT2D eigenvalue weighted by atomic mass is 32.2. The van der Waals surface area contributed by atoms with Gasteiger partial charge in [0.05, 0.1) is 12.3 Å². The van der Waals surface area contributed by atoms with E-state index in [9.17, 15) is 9.59 Å². The second kappa shape index (κ2) is 9.55. The van der Waals surface area contributed by atoms with Crippen molar-refractivity contribution in [2.75, 3.05) is 32.4 Å². The van der Waals surface area contributed by atoms with Gasteiger partial charge < -0.3 is 14.2 Å². The molecule has 0 aliphatic carbocycles. The van der Waals surface area contributed by atoms with Crippen LogP contribution in [-0.2, 0) is 9.59 Å². The lowest BCUT2D eigenvalue weighted by Crippen LogP contribution is -2.41. The van der Waals surface area contributed by atoms with Crippen LogP contribution in [0.15, 0.2) is 27.8 Å². The van der Waals surface area contributed by atoms with Gasteiger partial charge in [0.2, 0.25) is 17.7 Å². The SMILES string of the molecule is CCN(CC)C(=O)CN(C)C(=O)CSc1nnc(-c2ccc(C)c(C)c2)o1. The van der Waals surface area contributed by atoms with E-state index in [0.717, 1.165) is 11.1 Å². The predicted molar refractivity (Wildman–Crippen MR) is 105 cm³/mol. The van der Waals surface area contributed by atoms with Crippen molar-refractivity contribution >= 4 is 23.6 Å². The Morgan fingerprint density at radius 2 is 1.78 bits per heavy atom. The van der Waals surface area contributed by atoms with E-state index in [4.69, 9.17) is 4.42 Å². The summed E-state index contributed by atoms with van der Waals surface area (Å²) < 4.78 is 5.64. The predicted octanol–water partition coefficient (Wildman–Crippen LogP) is 2.77. The van der Waals surface area contributed by atoms with Gasteiger partial charge in [-0.1, -0.05) is 17.8 Å². The lowest BCUT2D eigenvalue weighted by atomic mass is 10.1. The first-order valence-electron chi connectivity index (χ1n) is 8.91. The lowest BCUT2D eigenvalue weighted by Gasteiger charge is -2.22. The van der Waals surface area contributed by atoms with Crippen molar-refractivity contribution in [3.05, 3.63) is 29.3 Å². The maximum atomic E-state index is 12.3. The minimum Gasteiger partial charge on any atom is -0.411 e. The van der Waals surface area contributed by atoms with Crippen LogP contribution in [0.2, 0.25) is 0 Å². The molecule has 2 aromatic rings. The number of hydrogen-bond acceptors (Lipinski definition) is 6. The van der Waals surface area contributed by atoms with Gasteiger partial charge in [-0.05, 0) is 51.0 Å². The van der Waals surface area contributed by atoms with E-state index in [1.807, 2.05) is 45.9 Å². The summed E-state index contributed by atoms with van der Waals surface area (Å²) >= 11 is 1.17. The first kappa shape index (κ1) is 21.0. The molecule has 7 nitrogen and oxygen atoms in total. The van der Waals surface area contributed by atoms with Crippen molar-refractivity contribution in [2.24, 2.45) is 0 Å². The summed E-state index contributed by atoms with van der Waals surface area (Å²) in [7, 11) is 1.62. The van der Waals surface area contributed by atoms with Crippen LogP contribution in [0.1, 0.15) is 25.0 Å². The van der Waals surface area contributed by atoms with E-state index >= 15 is 0 Å². The number of aromatic nitrogens is 2. The first-order valence-corrected chi connectivity index (χ1v) is 9.89. The zero-order valence-electron chi connectivity index (χ0n) is 16.5. The molecule has 0 aliphatic heterocycles. The lowest BCUT2D eigenvalue weighted by molar-refractivity contribution is -0.137. The van der Waals surface area contributed by atoms with Crippen LogP contribution in [-0.4, -0.2) is 64.2 Å². The molecule has 27 heavy (non-hydrogen) atoms. The van der Waals surface area contributed by atoms with Gasteiger partial charge in [-0.25, -0.2) is 0 Å². The van der Waals surface area contributed by atoms with Gasteiger partial charge in [0, 0.05) is 25.7 Å². The maximum Gasteiger partial charge on any atom is 0.277 e. The molecule has 8 heteroatoms. The molecule has 0 radical (unpaired) electrons. The van der Waals surface area contributed by atoms with Crippen LogP contribution in [0.5, 0.6) is 0 Å². The Kier molecular flexibility index (Phi) is 7.41. The van der Waals surface area contributed by atoms with Crippen molar-refractivity contribution in [3.63, 3.8) is 0 Å². The third-order valence-corrected chi connectivity index (χ3v) is 5.20. The number of nitrogens with zero attached hydrogens (tertiary/aromatic N) is 4. The fourth-order valence-electron chi connectivity index (χ4n) is 2.46. The fourth-order valence-corrected chi connectivity index (χ4v) is 3.16. The van der Waals surface area contributed by atoms with Gasteiger partial charge in [0.25, 0.3) is 5.22 Å². The number of carbonyl (C=O) groups excluding carboxylic acids is 2. The van der Waals surface area contributed by atoms with Crippen LogP contribution >= 0.6 is 11.8 Å². The summed E-state index contributed by atoms with van der Waals surface area (Å²) in [6.45, 7) is 9.24. The standard InChI is InChI=1S/C19H26N4O3S/c1-6-23(7-2)16(24)11-22(5)17(25)12-27-19-21-20-18(26-19)15-9-8-13(3)14(4)10-15/h8-10H,6-7,11-12H2,1-5H3. The van der Waals surface area contributed by atoms with Crippen LogP contribution in [0, 0.1) is 13.8 Å². The van der Waals surface area contributed by atoms with E-state index in [1.54, 1.807) is 11.9 Å². The molecular formula is C19H26N4O3S. The number of likely N-dealkylation sites (N-methyl/N-ethyl adjacent to an activating group) is 2. The second-order valence-corrected chi connectivity index (χ2v) is 7.20. The molecule has 2 amide bonds. The highest BCUT2D eigenvalue weighted by Gasteiger charge is 2.18. The summed E-state index contributed by atoms with van der Waals surface area (Å²) in [5.74, 6) is 0.344. The quantitative estimate of drug-likeness (QED) is 0.645. The molecule has 2 rings (SSSR count). The van der Waals surface area contributed by atoms with Crippen LogP contribution in [0.3, 0.4) is 0 Å². The Morgan fingerprint density at radius 3 is 2.41 bits per heavy atom. The number of amides is 2. The zero-order chi connectivity index (χ0) is 20.0. The van der Waals surface area contributed by atoms with Crippen molar-refractivity contribution in [3.8, 4) is 11.5 Å². The molecule has 0 saturated heterocycles. The normalized spacial score (nSPS) is 10.7. The van der Waals surface area contributed by atoms with Gasteiger partial charge in [0.15, 0.2) is 0 Å². The number of thioether (sulfide) groups is 1. The molecule has 1 aromatic heterocycles. The van der Waals surface area contributed by atoms with Crippen molar-refractivity contribution in [2.45, 2.75) is 32.9 Å². The second-order valence-electron chi connectivity index (χ2n) is 6.28. The van der Waals surface area contributed by atoms with Crippen molar-refractivity contribution in [1.29, 1.82) is 0 Å². The highest BCUT2D eigenvalue weighted by molar-refractivity contribution is 7.99. The zero-order valence-corrected chi connectivity index (χ0v) is 17.3. The summed E-state index contributed by atoms with van der Waals surface area (Å²) in [4.78, 5) is 27.5. The van der Waals surface area contributed by atoms with Gasteiger partial charge in [-0.3, -0.25) is 9.59 Å². The molecule has 0 N–H and O–H groups in total. The number of benzene rings is 1. The Morgan fingerprint density at radius 1 is 1.07 bits per heavy atom. The number of aryl methyl sites for hydroxylation is 2. The smallest absolute Gasteiger partial charge is 0.277 e. The average molecular weight is 391 g/mol. The van der Waals surface area contributed by atoms with Gasteiger partial charge >= 0.3 is 0 Å². The van der Waals surface area contributed by atoms with Crippen LogP contribution < -0.4 is 0 Å². The van der Waals surface area contributed by atoms with Gasteiger partial charge in [0.1, 0.15) is 0 Å². The summed E-state index contributed by atoms with van der Waals surface area (Å²) in [5.41, 5.74) is 3.20. The molecule has 0 spiro atoms. The Labute approximate surface area is 164 Å². The minimum absolute atomic E-state index is 0.0596. The summed E-state index contributed by atoms with van der Waals surface area (Å²) in [6.07, 6.45) is 0. The molecule has 0 unspecified atom stereocenters. The third-order valence-electron chi connectivity index (χ3n) is 4.39. The molecule has 0 fully saturated rings.